The van der Waals surface area contributed by atoms with Crippen molar-refractivity contribution < 1.29 is 0 Å². The molecule has 0 bridgehead atoms. The van der Waals surface area contributed by atoms with Crippen LogP contribution in [0.15, 0.2) is 82.0 Å². The second-order valence-electron chi connectivity index (χ2n) is 26.7. The highest BCUT2D eigenvalue weighted by Crippen LogP contribution is 2.50. The van der Waals surface area contributed by atoms with Crippen molar-refractivity contribution in [1.82, 2.24) is 0 Å². The molecule has 0 radical (unpaired) electrons. The molecule has 0 aromatic heterocycles. The van der Waals surface area contributed by atoms with Gasteiger partial charge in [0.15, 0.2) is 0 Å². The SMILES string of the molecule is CC(C)[Si](C#CC1=C(C#C[Si](C(C)C)(C(C)C)C(C)C)C(=C(C(=C(C#N)C#N)c2ccc(N(C)C)cc2)c2ccc(N(C)C)cc2)C(C#C[Si](C(C)C)(C(C)C)C(C)C)=C1C#C[Si](C(C)C)(C(C)C)C(C)C)(C(C)C)C(C)C. The van der Waals surface area contributed by atoms with E-state index in [9.17, 15) is 10.5 Å². The molecule has 0 fully saturated rings. The Morgan fingerprint density at radius 1 is 0.333 bits per heavy atom. The third-order valence-corrected chi connectivity index (χ3v) is 43.8. The van der Waals surface area contributed by atoms with E-state index in [0.717, 1.165) is 55.9 Å². The first-order valence-corrected chi connectivity index (χ1v) is 38.6. The Balaban J connectivity index is 3.40. The lowest BCUT2D eigenvalue weighted by Crippen LogP contribution is -2.43. The van der Waals surface area contributed by atoms with Gasteiger partial charge in [-0.25, -0.2) is 0 Å². The Morgan fingerprint density at radius 3 is 0.756 bits per heavy atom. The summed E-state index contributed by atoms with van der Waals surface area (Å²) in [6.07, 6.45) is 0. The molecule has 2 aromatic carbocycles. The van der Waals surface area contributed by atoms with Crippen LogP contribution in [0.25, 0.3) is 11.1 Å². The van der Waals surface area contributed by atoms with Gasteiger partial charge in [-0.3, -0.25) is 0 Å². The summed E-state index contributed by atoms with van der Waals surface area (Å²) in [6, 6.07) is 21.8. The van der Waals surface area contributed by atoms with Crippen molar-refractivity contribution >= 4 is 54.8 Å². The number of hydrogen-bond acceptors (Lipinski definition) is 4. The van der Waals surface area contributed by atoms with Gasteiger partial charge in [-0.15, -0.1) is 22.2 Å². The summed E-state index contributed by atoms with van der Waals surface area (Å²) in [5.74, 6) is 16.6. The fraction of sp³-hybridized carbons (Fsp3) is 0.571. The third-order valence-electron chi connectivity index (χ3n) is 18.6. The van der Waals surface area contributed by atoms with Gasteiger partial charge in [0.1, 0.15) is 50.0 Å². The number of anilines is 2. The zero-order chi connectivity index (χ0) is 59.7. The van der Waals surface area contributed by atoms with Gasteiger partial charge in [0.05, 0.1) is 22.3 Å². The van der Waals surface area contributed by atoms with Crippen LogP contribution in [0.3, 0.4) is 0 Å². The quantitative estimate of drug-likeness (QED) is 0.0900. The summed E-state index contributed by atoms with van der Waals surface area (Å²) in [5, 5.41) is 22.7. The first-order valence-electron chi connectivity index (χ1n) is 29.6. The molecular weight excluding hydrogens is 1010 g/mol. The highest BCUT2D eigenvalue weighted by atomic mass is 28.3. The molecule has 78 heavy (non-hydrogen) atoms. The van der Waals surface area contributed by atoms with Crippen LogP contribution in [0.5, 0.6) is 0 Å². The van der Waals surface area contributed by atoms with Crippen molar-refractivity contribution in [3.63, 3.8) is 0 Å². The molecule has 8 heteroatoms. The first-order chi connectivity index (χ1) is 36.2. The lowest BCUT2D eigenvalue weighted by Gasteiger charge is -2.38. The fourth-order valence-electron chi connectivity index (χ4n) is 14.6. The summed E-state index contributed by atoms with van der Waals surface area (Å²) in [5.41, 5.74) is 30.7. The van der Waals surface area contributed by atoms with Crippen LogP contribution >= 0.6 is 0 Å². The van der Waals surface area contributed by atoms with E-state index in [1.807, 2.05) is 14.1 Å². The lowest BCUT2D eigenvalue weighted by molar-refractivity contribution is 0.838. The second kappa shape index (κ2) is 27.5. The standard InChI is InChI=1S/C70H104N4Si4/c1-47(2)75(48(3)4,49(5)6)41-37-64-65(38-42-76(50(7)8,51(9)10)52(11)12)67(40-44-78(56(19)20,57(21)22)58(23)24)70(66(64)39-43-77(53(13)14,54(15)16)55(17)18)69(60-31-35-63(36-32-60)74(27)28)68(61(45-71)46-72)59-29-33-62(34-30-59)73(25)26/h29-36,47-58H,1-28H3. The normalized spacial score (nSPS) is 13.4. The van der Waals surface area contributed by atoms with Gasteiger partial charge in [-0.2, -0.15) is 10.5 Å². The zero-order valence-electron chi connectivity index (χ0n) is 54.3. The van der Waals surface area contributed by atoms with Gasteiger partial charge < -0.3 is 9.80 Å². The summed E-state index contributed by atoms with van der Waals surface area (Å²) < 4.78 is 0. The lowest BCUT2D eigenvalue weighted by atomic mass is 9.82. The van der Waals surface area contributed by atoms with Crippen molar-refractivity contribution in [3.05, 3.63) is 93.1 Å². The molecule has 1 aliphatic carbocycles. The van der Waals surface area contributed by atoms with Crippen molar-refractivity contribution in [3.8, 4) is 58.0 Å². The number of nitrogens with zero attached hydrogens (tertiary/aromatic N) is 4. The Bertz CT molecular complexity index is 2690. The predicted molar refractivity (Wildman–Crippen MR) is 356 cm³/mol. The van der Waals surface area contributed by atoms with Crippen LogP contribution in [0, 0.1) is 68.5 Å². The van der Waals surface area contributed by atoms with Gasteiger partial charge in [-0.05, 0) is 102 Å². The molecule has 3 rings (SSSR count). The molecule has 0 saturated carbocycles. The van der Waals surface area contributed by atoms with Gasteiger partial charge in [0.25, 0.3) is 0 Å². The molecule has 2 aromatic rings. The number of hydrogen-bond donors (Lipinski definition) is 0. The van der Waals surface area contributed by atoms with Crippen LogP contribution in [-0.2, 0) is 0 Å². The average Bonchev–Trinajstić information content (AvgIpc) is 3.62. The van der Waals surface area contributed by atoms with Crippen LogP contribution in [0.2, 0.25) is 66.5 Å². The summed E-state index contributed by atoms with van der Waals surface area (Å²) in [4.78, 5) is 4.19. The van der Waals surface area contributed by atoms with E-state index in [1.54, 1.807) is 0 Å². The second-order valence-corrected chi connectivity index (χ2v) is 49.0. The first kappa shape index (κ1) is 67.4. The average molecular weight is 1110 g/mol. The molecule has 0 heterocycles. The molecule has 0 amide bonds. The fourth-order valence-corrected chi connectivity index (χ4v) is 35.4. The summed E-state index contributed by atoms with van der Waals surface area (Å²) in [7, 11) is -1.48. The molecule has 0 atom stereocenters. The molecule has 0 unspecified atom stereocenters. The maximum absolute atomic E-state index is 11.4. The monoisotopic (exact) mass is 1110 g/mol. The van der Waals surface area contributed by atoms with Crippen LogP contribution in [0.1, 0.15) is 177 Å². The number of nitriles is 2. The van der Waals surface area contributed by atoms with E-state index in [0.29, 0.717) is 72.1 Å². The van der Waals surface area contributed by atoms with Gasteiger partial charge >= 0.3 is 0 Å². The van der Waals surface area contributed by atoms with Crippen LogP contribution < -0.4 is 9.80 Å². The van der Waals surface area contributed by atoms with Crippen molar-refractivity contribution in [2.24, 2.45) is 0 Å². The van der Waals surface area contributed by atoms with Crippen molar-refractivity contribution in [2.45, 2.75) is 233 Å². The van der Waals surface area contributed by atoms with Crippen LogP contribution in [0.4, 0.5) is 11.4 Å². The van der Waals surface area contributed by atoms with E-state index in [-0.39, 0.29) is 5.57 Å². The Labute approximate surface area is 484 Å². The van der Waals surface area contributed by atoms with Gasteiger partial charge in [0.2, 0.25) is 0 Å². The van der Waals surface area contributed by atoms with Gasteiger partial charge in [0, 0.05) is 56.3 Å². The Morgan fingerprint density at radius 2 is 0.551 bits per heavy atom. The van der Waals surface area contributed by atoms with Crippen molar-refractivity contribution in [2.75, 3.05) is 38.0 Å². The van der Waals surface area contributed by atoms with E-state index in [2.05, 4.69) is 297 Å². The maximum atomic E-state index is 11.4. The molecule has 1 aliphatic rings. The smallest absolute Gasteiger partial charge is 0.146 e. The minimum absolute atomic E-state index is 0.0285. The highest BCUT2D eigenvalue weighted by molar-refractivity contribution is 6.92. The molecular formula is C70H104N4Si4. The minimum Gasteiger partial charge on any atom is -0.378 e. The van der Waals surface area contributed by atoms with E-state index in [4.69, 9.17) is 0 Å². The van der Waals surface area contributed by atoms with E-state index in [1.165, 1.54) is 0 Å². The Hall–Kier alpha value is -4.91. The number of rotatable bonds is 17. The van der Waals surface area contributed by atoms with E-state index < -0.39 is 32.3 Å². The number of allylic oxidation sites excluding steroid dienone is 8. The molecule has 4 nitrogen and oxygen atoms in total. The van der Waals surface area contributed by atoms with Crippen LogP contribution in [-0.4, -0.2) is 60.5 Å². The number of benzene rings is 2. The minimum atomic E-state index is -2.44. The summed E-state index contributed by atoms with van der Waals surface area (Å²) >= 11 is 0. The summed E-state index contributed by atoms with van der Waals surface area (Å²) in [6.45, 7) is 57.2. The maximum Gasteiger partial charge on any atom is 0.146 e. The van der Waals surface area contributed by atoms with E-state index >= 15 is 0 Å². The van der Waals surface area contributed by atoms with Gasteiger partial charge in [-0.1, -0.05) is 214 Å². The molecule has 0 aliphatic heterocycles. The molecule has 0 N–H and O–H groups in total. The Kier molecular flexibility index (Phi) is 23.8. The largest absolute Gasteiger partial charge is 0.378 e. The predicted octanol–water partition coefficient (Wildman–Crippen LogP) is 19.6. The topological polar surface area (TPSA) is 54.1 Å². The third kappa shape index (κ3) is 13.1. The molecule has 0 spiro atoms. The molecule has 420 valence electrons. The van der Waals surface area contributed by atoms with Crippen molar-refractivity contribution in [1.29, 1.82) is 10.5 Å². The molecule has 0 saturated heterocycles. The highest BCUT2D eigenvalue weighted by Gasteiger charge is 2.46. The zero-order valence-corrected chi connectivity index (χ0v) is 58.3.